The van der Waals surface area contributed by atoms with Crippen molar-refractivity contribution >= 4 is 0 Å². The lowest BCUT2D eigenvalue weighted by Crippen LogP contribution is -2.14. The van der Waals surface area contributed by atoms with E-state index in [1.807, 2.05) is 6.92 Å². The molecule has 0 aliphatic rings. The molecule has 62 valence electrons. The molecule has 0 radical (unpaired) electrons. The Labute approximate surface area is 62.1 Å². The molecule has 0 saturated carbocycles. The first-order valence-corrected chi connectivity index (χ1v) is 3.38. The third kappa shape index (κ3) is 1.42. The summed E-state index contributed by atoms with van der Waals surface area (Å²) in [4.78, 5) is 21.9. The van der Waals surface area contributed by atoms with Crippen molar-refractivity contribution in [2.75, 3.05) is 0 Å². The molecule has 1 aromatic rings. The van der Waals surface area contributed by atoms with E-state index in [4.69, 9.17) is 0 Å². The van der Waals surface area contributed by atoms with E-state index in [1.165, 1.54) is 0 Å². The van der Waals surface area contributed by atoms with Gasteiger partial charge in [0.05, 0.1) is 6.04 Å². The highest BCUT2D eigenvalue weighted by Gasteiger charge is 2.09. The Morgan fingerprint density at radius 2 is 1.82 bits per heavy atom. The van der Waals surface area contributed by atoms with Crippen LogP contribution in [0.25, 0.3) is 0 Å². The average Bonchev–Trinajstić information content (AvgIpc) is 2.31. The molecule has 0 fully saturated rings. The van der Waals surface area contributed by atoms with Gasteiger partial charge in [-0.3, -0.25) is 9.05 Å². The summed E-state index contributed by atoms with van der Waals surface area (Å²) in [6, 6.07) is -0.0922. The molecular formula is C6H9NO4. The molecule has 0 saturated heterocycles. The summed E-state index contributed by atoms with van der Waals surface area (Å²) in [6.07, 6.45) is 0.737. The Bertz CT molecular complexity index is 303. The molecule has 0 amide bonds. The first-order valence-electron chi connectivity index (χ1n) is 3.38. The van der Waals surface area contributed by atoms with Crippen LogP contribution in [0, 0.1) is 0 Å². The summed E-state index contributed by atoms with van der Waals surface area (Å²) in [6.45, 7) is 3.68. The Balaban J connectivity index is 3.07. The van der Waals surface area contributed by atoms with Gasteiger partial charge < -0.3 is 0 Å². The quantitative estimate of drug-likeness (QED) is 0.584. The summed E-state index contributed by atoms with van der Waals surface area (Å²) in [5.74, 6) is 0. The summed E-state index contributed by atoms with van der Waals surface area (Å²) >= 11 is 0. The lowest BCUT2D eigenvalue weighted by molar-refractivity contribution is 0.0438. The number of aromatic nitrogens is 1. The molecule has 0 spiro atoms. The van der Waals surface area contributed by atoms with Crippen LogP contribution < -0.4 is 11.3 Å². The molecule has 0 N–H and O–H groups in total. The van der Waals surface area contributed by atoms with Crippen molar-refractivity contribution < 1.29 is 9.05 Å². The fourth-order valence-electron chi connectivity index (χ4n) is 0.586. The predicted molar refractivity (Wildman–Crippen MR) is 36.5 cm³/mol. The SMILES string of the molecule is CCC(C)n1oc(=O)c(=O)o1. The third-order valence-electron chi connectivity index (χ3n) is 1.46. The molecule has 1 rings (SSSR count). The summed E-state index contributed by atoms with van der Waals surface area (Å²) in [7, 11) is 0. The average molecular weight is 159 g/mol. The van der Waals surface area contributed by atoms with Gasteiger partial charge in [0.15, 0.2) is 0 Å². The van der Waals surface area contributed by atoms with Gasteiger partial charge in [-0.25, -0.2) is 9.59 Å². The van der Waals surface area contributed by atoms with Crippen molar-refractivity contribution in [2.24, 2.45) is 0 Å². The van der Waals surface area contributed by atoms with Crippen LogP contribution in [0.3, 0.4) is 0 Å². The lowest BCUT2D eigenvalue weighted by atomic mass is 10.3. The standard InChI is InChI=1S/C6H9NO4/c1-3-4(2)7-10-5(8)6(9)11-7/h4H,3H2,1-2H3. The first-order chi connectivity index (χ1) is 5.15. The summed E-state index contributed by atoms with van der Waals surface area (Å²) in [5, 5.41) is 0. The van der Waals surface area contributed by atoms with E-state index in [0.717, 1.165) is 11.3 Å². The number of rotatable bonds is 2. The minimum atomic E-state index is -0.953. The molecule has 1 heterocycles. The highest BCUT2D eigenvalue weighted by Crippen LogP contribution is 2.05. The highest BCUT2D eigenvalue weighted by molar-refractivity contribution is 4.58. The van der Waals surface area contributed by atoms with E-state index < -0.39 is 11.3 Å². The Morgan fingerprint density at radius 3 is 2.18 bits per heavy atom. The van der Waals surface area contributed by atoms with Gasteiger partial charge in [-0.05, 0) is 13.3 Å². The largest absolute Gasteiger partial charge is 0.446 e. The van der Waals surface area contributed by atoms with Crippen LogP contribution >= 0.6 is 0 Å². The van der Waals surface area contributed by atoms with Crippen molar-refractivity contribution in [1.82, 2.24) is 4.91 Å². The van der Waals surface area contributed by atoms with Crippen molar-refractivity contribution in [3.8, 4) is 0 Å². The van der Waals surface area contributed by atoms with Crippen LogP contribution in [0.2, 0.25) is 0 Å². The zero-order valence-corrected chi connectivity index (χ0v) is 6.36. The summed E-state index contributed by atoms with van der Waals surface area (Å²) < 4.78 is 8.90. The van der Waals surface area contributed by atoms with Crippen molar-refractivity contribution in [3.05, 3.63) is 20.8 Å². The highest BCUT2D eigenvalue weighted by atomic mass is 16.7. The van der Waals surface area contributed by atoms with Crippen LogP contribution in [0.15, 0.2) is 18.6 Å². The van der Waals surface area contributed by atoms with Gasteiger partial charge in [0, 0.05) is 0 Å². The zero-order valence-electron chi connectivity index (χ0n) is 6.36. The second kappa shape index (κ2) is 2.77. The van der Waals surface area contributed by atoms with Gasteiger partial charge in [-0.1, -0.05) is 11.8 Å². The predicted octanol–water partition coefficient (Wildman–Crippen LogP) is 0.366. The van der Waals surface area contributed by atoms with Gasteiger partial charge in [0.25, 0.3) is 0 Å². The third-order valence-corrected chi connectivity index (χ3v) is 1.46. The zero-order chi connectivity index (χ0) is 8.43. The van der Waals surface area contributed by atoms with Crippen molar-refractivity contribution in [3.63, 3.8) is 0 Å². The fraction of sp³-hybridized carbons (Fsp3) is 0.667. The molecule has 0 aliphatic carbocycles. The molecule has 0 aromatic carbocycles. The molecule has 1 atom stereocenters. The van der Waals surface area contributed by atoms with E-state index in [0.29, 0.717) is 0 Å². The van der Waals surface area contributed by atoms with E-state index in [9.17, 15) is 9.59 Å². The maximum absolute atomic E-state index is 10.5. The van der Waals surface area contributed by atoms with Crippen LogP contribution in [0.4, 0.5) is 0 Å². The van der Waals surface area contributed by atoms with Crippen LogP contribution in [-0.2, 0) is 0 Å². The number of nitrogens with zero attached hydrogens (tertiary/aromatic N) is 1. The monoisotopic (exact) mass is 159 g/mol. The van der Waals surface area contributed by atoms with Gasteiger partial charge in [0.2, 0.25) is 0 Å². The Morgan fingerprint density at radius 1 is 1.36 bits per heavy atom. The van der Waals surface area contributed by atoms with Crippen molar-refractivity contribution in [2.45, 2.75) is 26.3 Å². The lowest BCUT2D eigenvalue weighted by Gasteiger charge is -2.02. The molecule has 0 bridgehead atoms. The summed E-state index contributed by atoms with van der Waals surface area (Å²) in [5.41, 5.74) is -1.91. The molecule has 5 heteroatoms. The van der Waals surface area contributed by atoms with Crippen LogP contribution in [0.1, 0.15) is 26.3 Å². The van der Waals surface area contributed by atoms with Gasteiger partial charge in [-0.2, -0.15) is 0 Å². The molecule has 0 aliphatic heterocycles. The van der Waals surface area contributed by atoms with E-state index in [1.54, 1.807) is 6.92 Å². The molecule has 1 unspecified atom stereocenters. The molecule has 5 nitrogen and oxygen atoms in total. The van der Waals surface area contributed by atoms with Gasteiger partial charge >= 0.3 is 11.3 Å². The smallest absolute Gasteiger partial charge is 0.298 e. The van der Waals surface area contributed by atoms with Gasteiger partial charge in [0.1, 0.15) is 0 Å². The van der Waals surface area contributed by atoms with Crippen LogP contribution in [0.5, 0.6) is 0 Å². The molecular weight excluding hydrogens is 150 g/mol. The maximum Gasteiger partial charge on any atom is 0.446 e. The minimum Gasteiger partial charge on any atom is -0.298 e. The molecule has 1 aromatic heterocycles. The topological polar surface area (TPSA) is 65.3 Å². The van der Waals surface area contributed by atoms with Gasteiger partial charge in [-0.15, -0.1) is 0 Å². The normalized spacial score (nSPS) is 13.3. The van der Waals surface area contributed by atoms with E-state index in [-0.39, 0.29) is 6.04 Å². The minimum absolute atomic E-state index is 0.0922. The number of hydrogen-bond acceptors (Lipinski definition) is 4. The molecule has 11 heavy (non-hydrogen) atoms. The second-order valence-electron chi connectivity index (χ2n) is 2.30. The van der Waals surface area contributed by atoms with E-state index >= 15 is 0 Å². The Hall–Kier alpha value is -1.26. The number of hydrogen-bond donors (Lipinski definition) is 0. The Kier molecular flexibility index (Phi) is 1.98. The second-order valence-corrected chi connectivity index (χ2v) is 2.30. The van der Waals surface area contributed by atoms with Crippen molar-refractivity contribution in [1.29, 1.82) is 0 Å². The first kappa shape index (κ1) is 7.84. The maximum atomic E-state index is 10.5. The van der Waals surface area contributed by atoms with Crippen LogP contribution in [-0.4, -0.2) is 4.91 Å². The fourth-order valence-corrected chi connectivity index (χ4v) is 0.586. The van der Waals surface area contributed by atoms with E-state index in [2.05, 4.69) is 9.05 Å².